The minimum atomic E-state index is -5.08. The molecule has 3 aliphatic heterocycles. The van der Waals surface area contributed by atoms with Gasteiger partial charge in [-0.2, -0.15) is 13.2 Å². The Morgan fingerprint density at radius 1 is 1.09 bits per heavy atom. The zero-order valence-electron chi connectivity index (χ0n) is 18.6. The van der Waals surface area contributed by atoms with Crippen LogP contribution in [0.1, 0.15) is 49.1 Å². The van der Waals surface area contributed by atoms with Crippen LogP contribution in [0.4, 0.5) is 13.2 Å². The van der Waals surface area contributed by atoms with Crippen molar-refractivity contribution in [1.29, 1.82) is 0 Å². The van der Waals surface area contributed by atoms with E-state index >= 15 is 0 Å². The number of carboxylic acids is 1. The van der Waals surface area contributed by atoms with Gasteiger partial charge in [0.1, 0.15) is 6.33 Å². The largest absolute Gasteiger partial charge is 0.490 e. The molecule has 4 rings (SSSR count). The summed E-state index contributed by atoms with van der Waals surface area (Å²) in [6.07, 6.45) is 2.31. The van der Waals surface area contributed by atoms with Gasteiger partial charge < -0.3 is 19.8 Å². The number of aryl methyl sites for hydroxylation is 1. The summed E-state index contributed by atoms with van der Waals surface area (Å²) in [5.74, 6) is -2.31. The standard InChI is InChI=1S/C18H28N6O2.C2HF3O2/c1-21-14-19-16(20-21)17(26)23-10-6-18(7-11-23)5-4-15(25)24(18)13-12-22-8-2-3-9-22;3-2(4,5)1(6)7/h14H,2-13H2,1H3;(H,6,7). The smallest absolute Gasteiger partial charge is 0.475 e. The van der Waals surface area contributed by atoms with Gasteiger partial charge in [-0.05, 0) is 45.2 Å². The minimum Gasteiger partial charge on any atom is -0.475 e. The number of amides is 2. The zero-order chi connectivity index (χ0) is 24.2. The van der Waals surface area contributed by atoms with Gasteiger partial charge in [-0.15, -0.1) is 5.10 Å². The number of carbonyl (C=O) groups excluding carboxylic acids is 2. The molecule has 33 heavy (non-hydrogen) atoms. The molecule has 1 aromatic rings. The molecule has 10 nitrogen and oxygen atoms in total. The van der Waals surface area contributed by atoms with E-state index in [0.29, 0.717) is 19.5 Å². The molecule has 1 aromatic heterocycles. The summed E-state index contributed by atoms with van der Waals surface area (Å²) in [6.45, 7) is 5.47. The van der Waals surface area contributed by atoms with E-state index in [0.717, 1.165) is 45.4 Å². The van der Waals surface area contributed by atoms with Crippen molar-refractivity contribution in [3.8, 4) is 0 Å². The number of alkyl halides is 3. The molecule has 0 aromatic carbocycles. The van der Waals surface area contributed by atoms with Crippen LogP contribution in [-0.4, -0.2) is 103 Å². The fourth-order valence-corrected chi connectivity index (χ4v) is 4.71. The highest BCUT2D eigenvalue weighted by Gasteiger charge is 2.47. The van der Waals surface area contributed by atoms with Crippen LogP contribution in [0.5, 0.6) is 0 Å². The minimum absolute atomic E-state index is 0.0505. The zero-order valence-corrected chi connectivity index (χ0v) is 18.6. The molecular weight excluding hydrogens is 445 g/mol. The van der Waals surface area contributed by atoms with Gasteiger partial charge in [0, 0.05) is 45.2 Å². The number of aromatic nitrogens is 3. The molecule has 3 saturated heterocycles. The molecule has 2 amide bonds. The van der Waals surface area contributed by atoms with Crippen molar-refractivity contribution < 1.29 is 32.7 Å². The second-order valence-corrected chi connectivity index (χ2v) is 8.66. The first-order chi connectivity index (χ1) is 15.5. The van der Waals surface area contributed by atoms with E-state index in [9.17, 15) is 22.8 Å². The van der Waals surface area contributed by atoms with Crippen molar-refractivity contribution in [1.82, 2.24) is 29.5 Å². The highest BCUT2D eigenvalue weighted by Crippen LogP contribution is 2.39. The number of piperidine rings is 1. The Balaban J connectivity index is 0.000000383. The highest BCUT2D eigenvalue weighted by molar-refractivity contribution is 5.90. The molecule has 0 atom stereocenters. The second-order valence-electron chi connectivity index (χ2n) is 8.66. The lowest BCUT2D eigenvalue weighted by Crippen LogP contribution is -2.55. The van der Waals surface area contributed by atoms with Crippen molar-refractivity contribution in [3.63, 3.8) is 0 Å². The Bertz CT molecular complexity index is 860. The number of carboxylic acid groups (broad SMARTS) is 1. The molecule has 1 spiro atoms. The van der Waals surface area contributed by atoms with Crippen LogP contribution in [0.2, 0.25) is 0 Å². The lowest BCUT2D eigenvalue weighted by molar-refractivity contribution is -0.192. The Hall–Kier alpha value is -2.70. The van der Waals surface area contributed by atoms with Gasteiger partial charge in [0.05, 0.1) is 0 Å². The van der Waals surface area contributed by atoms with Crippen LogP contribution in [0.15, 0.2) is 6.33 Å². The molecule has 0 unspecified atom stereocenters. The molecule has 0 aliphatic carbocycles. The number of nitrogens with zero attached hydrogens (tertiary/aromatic N) is 6. The Kier molecular flexibility index (Phi) is 7.60. The molecule has 184 valence electrons. The molecule has 0 bridgehead atoms. The quantitative estimate of drug-likeness (QED) is 0.697. The van der Waals surface area contributed by atoms with E-state index in [1.54, 1.807) is 18.1 Å². The topological polar surface area (TPSA) is 112 Å². The summed E-state index contributed by atoms with van der Waals surface area (Å²) in [7, 11) is 1.76. The molecular formula is C20H29F3N6O4. The Morgan fingerprint density at radius 2 is 1.70 bits per heavy atom. The van der Waals surface area contributed by atoms with E-state index in [1.165, 1.54) is 12.8 Å². The molecule has 0 radical (unpaired) electrons. The van der Waals surface area contributed by atoms with Crippen LogP contribution >= 0.6 is 0 Å². The normalized spacial score (nSPS) is 20.8. The van der Waals surface area contributed by atoms with Crippen molar-refractivity contribution >= 4 is 17.8 Å². The number of aliphatic carboxylic acids is 1. The molecule has 1 N–H and O–H groups in total. The van der Waals surface area contributed by atoms with Crippen LogP contribution < -0.4 is 0 Å². The van der Waals surface area contributed by atoms with Crippen LogP contribution in [0.25, 0.3) is 0 Å². The maximum atomic E-state index is 12.6. The summed E-state index contributed by atoms with van der Waals surface area (Å²) in [6, 6.07) is 0. The Labute approximate surface area is 189 Å². The van der Waals surface area contributed by atoms with Crippen molar-refractivity contribution in [2.75, 3.05) is 39.3 Å². The fourth-order valence-electron chi connectivity index (χ4n) is 4.71. The Morgan fingerprint density at radius 3 is 2.21 bits per heavy atom. The van der Waals surface area contributed by atoms with Crippen LogP contribution in [0, 0.1) is 0 Å². The fraction of sp³-hybridized carbons (Fsp3) is 0.750. The number of hydrogen-bond acceptors (Lipinski definition) is 6. The molecule has 3 aliphatic rings. The predicted octanol–water partition coefficient (Wildman–Crippen LogP) is 1.14. The first-order valence-corrected chi connectivity index (χ1v) is 11.0. The van der Waals surface area contributed by atoms with Crippen LogP contribution in [-0.2, 0) is 16.6 Å². The number of rotatable bonds is 4. The van der Waals surface area contributed by atoms with Crippen molar-refractivity contribution in [2.24, 2.45) is 7.05 Å². The second kappa shape index (κ2) is 10.1. The average molecular weight is 474 g/mol. The van der Waals surface area contributed by atoms with E-state index in [-0.39, 0.29) is 23.2 Å². The summed E-state index contributed by atoms with van der Waals surface area (Å²) >= 11 is 0. The highest BCUT2D eigenvalue weighted by atomic mass is 19.4. The first kappa shape index (κ1) is 24.9. The van der Waals surface area contributed by atoms with E-state index < -0.39 is 12.1 Å². The lowest BCUT2D eigenvalue weighted by atomic mass is 9.85. The summed E-state index contributed by atoms with van der Waals surface area (Å²) in [4.78, 5) is 44.5. The van der Waals surface area contributed by atoms with Gasteiger partial charge in [0.2, 0.25) is 11.7 Å². The third-order valence-electron chi connectivity index (χ3n) is 6.53. The molecule has 4 heterocycles. The summed E-state index contributed by atoms with van der Waals surface area (Å²) in [5, 5.41) is 11.2. The SMILES string of the molecule is Cn1cnc(C(=O)N2CCC3(CCC(=O)N3CCN3CCCC3)CC2)n1.O=C(O)C(F)(F)F. The number of likely N-dealkylation sites (tertiary alicyclic amines) is 3. The molecule has 13 heteroatoms. The third kappa shape index (κ3) is 6.01. The van der Waals surface area contributed by atoms with Gasteiger partial charge in [-0.1, -0.05) is 0 Å². The van der Waals surface area contributed by atoms with Crippen molar-refractivity contribution in [2.45, 2.75) is 50.2 Å². The van der Waals surface area contributed by atoms with Gasteiger partial charge in [0.25, 0.3) is 5.91 Å². The van der Waals surface area contributed by atoms with Crippen molar-refractivity contribution in [3.05, 3.63) is 12.2 Å². The molecule has 3 fully saturated rings. The number of hydrogen-bond donors (Lipinski definition) is 1. The van der Waals surface area contributed by atoms with Gasteiger partial charge in [0.15, 0.2) is 0 Å². The van der Waals surface area contributed by atoms with Crippen LogP contribution in [0.3, 0.4) is 0 Å². The summed E-state index contributed by atoms with van der Waals surface area (Å²) in [5.41, 5.74) is -0.0505. The van der Waals surface area contributed by atoms with E-state index in [1.807, 2.05) is 4.90 Å². The maximum Gasteiger partial charge on any atom is 0.490 e. The van der Waals surface area contributed by atoms with Gasteiger partial charge >= 0.3 is 12.1 Å². The lowest BCUT2D eigenvalue weighted by Gasteiger charge is -2.45. The summed E-state index contributed by atoms with van der Waals surface area (Å²) < 4.78 is 33.3. The predicted molar refractivity (Wildman–Crippen MR) is 109 cm³/mol. The van der Waals surface area contributed by atoms with E-state index in [2.05, 4.69) is 19.9 Å². The van der Waals surface area contributed by atoms with E-state index in [4.69, 9.17) is 9.90 Å². The maximum absolute atomic E-state index is 12.6. The van der Waals surface area contributed by atoms with Gasteiger partial charge in [-0.3, -0.25) is 14.3 Å². The third-order valence-corrected chi connectivity index (χ3v) is 6.53. The monoisotopic (exact) mass is 474 g/mol. The molecule has 0 saturated carbocycles. The number of halogens is 3. The van der Waals surface area contributed by atoms with Gasteiger partial charge in [-0.25, -0.2) is 9.78 Å². The number of carbonyl (C=O) groups is 3. The first-order valence-electron chi connectivity index (χ1n) is 11.0. The average Bonchev–Trinajstić information content (AvgIpc) is 3.49.